The zero-order valence-electron chi connectivity index (χ0n) is 21.4. The van der Waals surface area contributed by atoms with Crippen LogP contribution in [0.15, 0.2) is 76.6 Å². The summed E-state index contributed by atoms with van der Waals surface area (Å²) >= 11 is 14.6. The van der Waals surface area contributed by atoms with Gasteiger partial charge in [-0.1, -0.05) is 64.0 Å². The lowest BCUT2D eigenvalue weighted by molar-refractivity contribution is -0.122. The molecule has 2 aliphatic heterocycles. The van der Waals surface area contributed by atoms with Crippen LogP contribution in [0.1, 0.15) is 21.9 Å². The highest BCUT2D eigenvalue weighted by atomic mass is 35.5. The molecule has 2 N–H and O–H groups in total. The maximum atomic E-state index is 14.0. The second-order valence-corrected chi connectivity index (χ2v) is 12.7. The van der Waals surface area contributed by atoms with Crippen LogP contribution in [-0.2, 0) is 14.4 Å². The van der Waals surface area contributed by atoms with Crippen molar-refractivity contribution in [3.8, 4) is 5.75 Å². The van der Waals surface area contributed by atoms with E-state index in [-0.39, 0.29) is 17.4 Å². The van der Waals surface area contributed by atoms with Gasteiger partial charge in [0.25, 0.3) is 5.91 Å². The van der Waals surface area contributed by atoms with E-state index >= 15 is 0 Å². The first-order chi connectivity index (χ1) is 19.7. The predicted octanol–water partition coefficient (Wildman–Crippen LogP) is 5.86. The fourth-order valence-electron chi connectivity index (χ4n) is 5.07. The smallest absolute Gasteiger partial charge is 0.305 e. The van der Waals surface area contributed by atoms with Gasteiger partial charge in [0, 0.05) is 32.1 Å². The van der Waals surface area contributed by atoms with Crippen molar-refractivity contribution in [1.29, 1.82) is 0 Å². The first-order valence-corrected chi connectivity index (χ1v) is 15.0. The van der Waals surface area contributed by atoms with Gasteiger partial charge in [-0.15, -0.1) is 0 Å². The first-order valence-electron chi connectivity index (χ1n) is 12.5. The number of hydrogen-bond donors (Lipinski definition) is 2. The van der Waals surface area contributed by atoms with E-state index in [4.69, 9.17) is 27.9 Å². The van der Waals surface area contributed by atoms with Crippen molar-refractivity contribution in [2.24, 2.45) is 5.92 Å². The van der Waals surface area contributed by atoms with E-state index in [9.17, 15) is 19.2 Å². The van der Waals surface area contributed by atoms with E-state index < -0.39 is 28.9 Å². The Balaban J connectivity index is 1.36. The number of rotatable bonds is 6. The van der Waals surface area contributed by atoms with Crippen LogP contribution in [0.25, 0.3) is 0 Å². The Hall–Kier alpha value is -3.57. The van der Waals surface area contributed by atoms with Crippen molar-refractivity contribution in [1.82, 2.24) is 4.98 Å². The molecule has 3 amide bonds. The van der Waals surface area contributed by atoms with E-state index in [0.29, 0.717) is 42.6 Å². The van der Waals surface area contributed by atoms with Gasteiger partial charge >= 0.3 is 4.87 Å². The number of carbonyl (C=O) groups excluding carboxylic acids is 3. The molecule has 1 aromatic heterocycles. The predicted molar refractivity (Wildman–Crippen MR) is 161 cm³/mol. The number of nitrogens with zero attached hydrogens (tertiary/aromatic N) is 1. The normalized spacial score (nSPS) is 19.6. The second kappa shape index (κ2) is 11.0. The number of thiazole rings is 1. The summed E-state index contributed by atoms with van der Waals surface area (Å²) < 4.78 is 5.97. The third-order valence-electron chi connectivity index (χ3n) is 6.91. The lowest BCUT2D eigenvalue weighted by Crippen LogP contribution is -2.32. The number of benzene rings is 3. The average Bonchev–Trinajstić information content (AvgIpc) is 3.44. The molecule has 0 spiro atoms. The number of fused-ring (bicyclic) bond motifs is 2. The SMILES string of the molecule is Cc1ccc(NC(=O)COc2ccc(Cl)cc2C2c3sc(=O)[nH]c3SC3C(=O)N(c4ccc(Cl)cc4)C(=O)C32)cc1. The number of imide groups is 1. The first kappa shape index (κ1) is 27.6. The number of hydrogen-bond acceptors (Lipinski definition) is 7. The van der Waals surface area contributed by atoms with E-state index in [0.717, 1.165) is 16.9 Å². The van der Waals surface area contributed by atoms with Crippen LogP contribution in [0.3, 0.4) is 0 Å². The average molecular weight is 627 g/mol. The van der Waals surface area contributed by atoms with Crippen LogP contribution < -0.4 is 19.8 Å². The van der Waals surface area contributed by atoms with Gasteiger partial charge in [0.15, 0.2) is 6.61 Å². The van der Waals surface area contributed by atoms with E-state index in [1.165, 1.54) is 16.7 Å². The standard InChI is InChI=1S/C29H21Cl2N3O5S2/c1-14-2-7-17(8-3-14)32-21(35)13-39-20-11-6-16(31)12-19(20)22-23-25(40-26-24(22)41-29(38)33-26)28(37)34(27(23)36)18-9-4-15(30)5-10-18/h2-12,22-23,25H,13H2,1H3,(H,32,35)(H,33,38). The van der Waals surface area contributed by atoms with Gasteiger partial charge in [0.05, 0.1) is 16.6 Å². The van der Waals surface area contributed by atoms with Crippen LogP contribution >= 0.6 is 46.3 Å². The molecule has 0 saturated carbocycles. The third-order valence-corrected chi connectivity index (χ3v) is 9.80. The van der Waals surface area contributed by atoms with Gasteiger partial charge in [-0.05, 0) is 61.5 Å². The minimum absolute atomic E-state index is 0.302. The van der Waals surface area contributed by atoms with Crippen molar-refractivity contribution in [2.75, 3.05) is 16.8 Å². The summed E-state index contributed by atoms with van der Waals surface area (Å²) in [6.07, 6.45) is 0. The van der Waals surface area contributed by atoms with Gasteiger partial charge in [-0.2, -0.15) is 0 Å². The summed E-state index contributed by atoms with van der Waals surface area (Å²) in [6.45, 7) is 1.65. The summed E-state index contributed by atoms with van der Waals surface area (Å²) in [5.41, 5.74) is 2.61. The maximum Gasteiger partial charge on any atom is 0.305 e. The molecular weight excluding hydrogens is 605 g/mol. The number of thioether (sulfide) groups is 1. The molecule has 3 heterocycles. The highest BCUT2D eigenvalue weighted by molar-refractivity contribution is 8.00. The molecule has 0 bridgehead atoms. The number of nitrogens with one attached hydrogen (secondary N) is 2. The third kappa shape index (κ3) is 5.28. The number of aromatic nitrogens is 1. The monoisotopic (exact) mass is 625 g/mol. The number of amides is 3. The molecule has 4 aromatic rings. The number of halogens is 2. The molecule has 8 nitrogen and oxygen atoms in total. The number of carbonyl (C=O) groups is 3. The highest BCUT2D eigenvalue weighted by Crippen LogP contribution is 2.54. The Bertz CT molecular complexity index is 1740. The molecule has 0 radical (unpaired) electrons. The minimum Gasteiger partial charge on any atom is -0.483 e. The zero-order valence-corrected chi connectivity index (χ0v) is 24.5. The summed E-state index contributed by atoms with van der Waals surface area (Å²) in [5, 5.41) is 3.37. The topological polar surface area (TPSA) is 109 Å². The molecule has 12 heteroatoms. The van der Waals surface area contributed by atoms with E-state index in [2.05, 4.69) is 10.3 Å². The van der Waals surface area contributed by atoms with Crippen LogP contribution in [0.2, 0.25) is 10.0 Å². The molecule has 0 aliphatic carbocycles. The van der Waals surface area contributed by atoms with Gasteiger partial charge in [-0.3, -0.25) is 19.2 Å². The van der Waals surface area contributed by atoms with Crippen molar-refractivity contribution in [2.45, 2.75) is 23.1 Å². The highest BCUT2D eigenvalue weighted by Gasteiger charge is 2.56. The number of anilines is 2. The van der Waals surface area contributed by atoms with E-state index in [1.807, 2.05) is 19.1 Å². The fourth-order valence-corrected chi connectivity index (χ4v) is 7.88. The van der Waals surface area contributed by atoms with Crippen LogP contribution in [0, 0.1) is 12.8 Å². The van der Waals surface area contributed by atoms with Crippen LogP contribution in [-0.4, -0.2) is 34.6 Å². The van der Waals surface area contributed by atoms with Gasteiger partial charge in [-0.25, -0.2) is 4.90 Å². The minimum atomic E-state index is -0.843. The van der Waals surface area contributed by atoms with Crippen LogP contribution in [0.5, 0.6) is 5.75 Å². The molecule has 1 saturated heterocycles. The van der Waals surface area contributed by atoms with Gasteiger partial charge in [0.1, 0.15) is 11.0 Å². The van der Waals surface area contributed by atoms with Crippen molar-refractivity contribution in [3.63, 3.8) is 0 Å². The lowest BCUT2D eigenvalue weighted by Gasteiger charge is -2.31. The largest absolute Gasteiger partial charge is 0.483 e. The lowest BCUT2D eigenvalue weighted by atomic mass is 9.82. The molecule has 41 heavy (non-hydrogen) atoms. The second-order valence-electron chi connectivity index (χ2n) is 9.62. The van der Waals surface area contributed by atoms with E-state index in [1.54, 1.807) is 54.6 Å². The maximum absolute atomic E-state index is 14.0. The number of aromatic amines is 1. The fraction of sp³-hybridized carbons (Fsp3) is 0.172. The summed E-state index contributed by atoms with van der Waals surface area (Å²) in [4.78, 5) is 57.0. The molecular formula is C29H21Cl2N3O5S2. The summed E-state index contributed by atoms with van der Waals surface area (Å²) in [6, 6.07) is 18.7. The number of ether oxygens (including phenoxy) is 1. The molecule has 3 aromatic carbocycles. The van der Waals surface area contributed by atoms with Gasteiger partial charge in [0.2, 0.25) is 11.8 Å². The van der Waals surface area contributed by atoms with Crippen molar-refractivity contribution in [3.05, 3.63) is 102 Å². The Morgan fingerprint density at radius 1 is 0.976 bits per heavy atom. The Labute approximate surface area is 252 Å². The molecule has 3 atom stereocenters. The Morgan fingerprint density at radius 2 is 1.68 bits per heavy atom. The number of H-pyrrole nitrogens is 1. The molecule has 208 valence electrons. The Kier molecular flexibility index (Phi) is 7.41. The summed E-state index contributed by atoms with van der Waals surface area (Å²) in [7, 11) is 0. The molecule has 2 aliphatic rings. The van der Waals surface area contributed by atoms with Gasteiger partial charge < -0.3 is 15.0 Å². The quantitative estimate of drug-likeness (QED) is 0.260. The Morgan fingerprint density at radius 3 is 2.41 bits per heavy atom. The molecule has 6 rings (SSSR count). The summed E-state index contributed by atoms with van der Waals surface area (Å²) in [5.74, 6) is -2.42. The molecule has 1 fully saturated rings. The van der Waals surface area contributed by atoms with Crippen LogP contribution in [0.4, 0.5) is 11.4 Å². The van der Waals surface area contributed by atoms with Crippen molar-refractivity contribution < 1.29 is 19.1 Å². The molecule has 3 unspecified atom stereocenters. The zero-order chi connectivity index (χ0) is 28.8. The van der Waals surface area contributed by atoms with Crippen molar-refractivity contribution >= 4 is 75.4 Å². The number of aryl methyl sites for hydroxylation is 1.